The topological polar surface area (TPSA) is 154 Å². The zero-order chi connectivity index (χ0) is 22.7. The van der Waals surface area contributed by atoms with Gasteiger partial charge in [-0.1, -0.05) is 30.3 Å². The number of carbonyl (C=O) groups excluding carboxylic acids is 2. The van der Waals surface area contributed by atoms with E-state index in [0.717, 1.165) is 11.1 Å². The lowest BCUT2D eigenvalue weighted by atomic mass is 10.1. The smallest absolute Gasteiger partial charge is 0.405 e. The van der Waals surface area contributed by atoms with Crippen molar-refractivity contribution in [2.45, 2.75) is 6.04 Å². The normalized spacial score (nSPS) is 11.7. The number of carboxylic acid groups (broad SMARTS) is 1. The molecule has 0 bridgehead atoms. The Morgan fingerprint density at radius 1 is 1.09 bits per heavy atom. The van der Waals surface area contributed by atoms with E-state index < -0.39 is 23.9 Å². The van der Waals surface area contributed by atoms with Gasteiger partial charge in [-0.3, -0.25) is 25.1 Å². The molecule has 0 radical (unpaired) electrons. The van der Waals surface area contributed by atoms with Gasteiger partial charge in [0.2, 0.25) is 0 Å². The molecule has 1 atom stereocenters. The summed E-state index contributed by atoms with van der Waals surface area (Å²) in [6.45, 7) is 0. The van der Waals surface area contributed by atoms with E-state index in [1.165, 1.54) is 6.20 Å². The maximum atomic E-state index is 12.7. The van der Waals surface area contributed by atoms with Crippen LogP contribution in [-0.2, 0) is 11.8 Å². The van der Waals surface area contributed by atoms with Crippen molar-refractivity contribution in [1.82, 2.24) is 35.9 Å². The van der Waals surface area contributed by atoms with Crippen molar-refractivity contribution >= 4 is 28.9 Å². The summed E-state index contributed by atoms with van der Waals surface area (Å²) in [6.07, 6.45) is 5.30. The molecule has 4 aromatic rings. The van der Waals surface area contributed by atoms with E-state index in [-0.39, 0.29) is 5.56 Å². The number of hydrogen-bond donors (Lipinski definition) is 5. The minimum atomic E-state index is -1.37. The summed E-state index contributed by atoms with van der Waals surface area (Å²) in [5.41, 5.74) is 7.42. The van der Waals surface area contributed by atoms with E-state index in [0.29, 0.717) is 16.6 Å². The fourth-order valence-electron chi connectivity index (χ4n) is 3.25. The maximum Gasteiger partial charge on any atom is 0.405 e. The molecule has 3 heterocycles. The average molecular weight is 433 g/mol. The van der Waals surface area contributed by atoms with Gasteiger partial charge < -0.3 is 15.4 Å². The number of carbonyl (C=O) groups is 3. The minimum Gasteiger partial charge on any atom is -0.465 e. The van der Waals surface area contributed by atoms with E-state index in [1.807, 2.05) is 6.20 Å². The predicted molar refractivity (Wildman–Crippen MR) is 114 cm³/mol. The molecule has 11 nitrogen and oxygen atoms in total. The first-order valence-corrected chi connectivity index (χ1v) is 9.53. The zero-order valence-electron chi connectivity index (χ0n) is 16.9. The van der Waals surface area contributed by atoms with Crippen LogP contribution >= 0.6 is 0 Å². The number of nitrogens with one attached hydrogen (secondary N) is 4. The number of hydrogen-bond acceptors (Lipinski definition) is 5. The Balaban J connectivity index is 1.52. The van der Waals surface area contributed by atoms with Crippen LogP contribution in [0.5, 0.6) is 0 Å². The molecular weight excluding hydrogens is 414 g/mol. The van der Waals surface area contributed by atoms with E-state index in [4.69, 9.17) is 5.11 Å². The van der Waals surface area contributed by atoms with Crippen molar-refractivity contribution in [1.29, 1.82) is 0 Å². The van der Waals surface area contributed by atoms with Crippen LogP contribution in [-0.4, -0.2) is 42.8 Å². The lowest BCUT2D eigenvalue weighted by molar-refractivity contribution is -0.124. The molecule has 0 saturated heterocycles. The second-order valence-electron chi connectivity index (χ2n) is 6.96. The summed E-state index contributed by atoms with van der Waals surface area (Å²) in [6, 6.07) is 8.90. The summed E-state index contributed by atoms with van der Waals surface area (Å²) < 4.78 is 1.66. The largest absolute Gasteiger partial charge is 0.465 e. The van der Waals surface area contributed by atoms with Gasteiger partial charge in [-0.2, -0.15) is 5.10 Å². The molecule has 0 aliphatic carbocycles. The number of aromatic nitrogens is 4. The van der Waals surface area contributed by atoms with E-state index >= 15 is 0 Å². The molecular formula is C21H19N7O4. The highest BCUT2D eigenvalue weighted by Crippen LogP contribution is 2.24. The first kappa shape index (κ1) is 20.6. The molecule has 0 spiro atoms. The summed E-state index contributed by atoms with van der Waals surface area (Å²) in [4.78, 5) is 43.7. The van der Waals surface area contributed by atoms with Gasteiger partial charge in [-0.25, -0.2) is 9.78 Å². The number of aryl methyl sites for hydroxylation is 1. The number of benzene rings is 1. The van der Waals surface area contributed by atoms with E-state index in [9.17, 15) is 14.4 Å². The predicted octanol–water partition coefficient (Wildman–Crippen LogP) is 1.73. The van der Waals surface area contributed by atoms with Gasteiger partial charge >= 0.3 is 6.09 Å². The first-order valence-electron chi connectivity index (χ1n) is 9.53. The van der Waals surface area contributed by atoms with E-state index in [2.05, 4.69) is 31.2 Å². The second-order valence-corrected chi connectivity index (χ2v) is 6.96. The number of aromatic amines is 1. The van der Waals surface area contributed by atoms with Gasteiger partial charge in [0.25, 0.3) is 11.8 Å². The summed E-state index contributed by atoms with van der Waals surface area (Å²) >= 11 is 0. The number of nitrogens with zero attached hydrogens (tertiary/aromatic N) is 3. The van der Waals surface area contributed by atoms with Crippen molar-refractivity contribution in [3.63, 3.8) is 0 Å². The molecule has 3 amide bonds. The highest BCUT2D eigenvalue weighted by Gasteiger charge is 2.23. The monoisotopic (exact) mass is 433 g/mol. The van der Waals surface area contributed by atoms with Gasteiger partial charge in [-0.15, -0.1) is 0 Å². The zero-order valence-corrected chi connectivity index (χ0v) is 16.9. The number of rotatable bonds is 5. The summed E-state index contributed by atoms with van der Waals surface area (Å²) in [7, 11) is 1.80. The molecule has 11 heteroatoms. The van der Waals surface area contributed by atoms with Crippen molar-refractivity contribution in [3.05, 3.63) is 72.3 Å². The van der Waals surface area contributed by atoms with Crippen LogP contribution in [0.3, 0.4) is 0 Å². The maximum absolute atomic E-state index is 12.7. The summed E-state index contributed by atoms with van der Waals surface area (Å²) in [5, 5.41) is 15.9. The Kier molecular flexibility index (Phi) is 5.53. The average Bonchev–Trinajstić information content (AvgIpc) is 3.42. The molecule has 32 heavy (non-hydrogen) atoms. The Labute approximate surface area is 181 Å². The molecule has 3 aromatic heterocycles. The van der Waals surface area contributed by atoms with Gasteiger partial charge in [0, 0.05) is 42.2 Å². The van der Waals surface area contributed by atoms with Crippen LogP contribution in [0.2, 0.25) is 0 Å². The standard InChI is InChI=1S/C21H19N7O4/c1-28-11-14(9-24-28)13-7-15-16(10-23-18(15)22-8-13)19(29)26-27-20(30)17(25-21(31)32)12-5-3-2-4-6-12/h2-11,17,25H,1H3,(H,22,23)(H,26,29)(H,27,30)(H,31,32). The van der Waals surface area contributed by atoms with Crippen LogP contribution in [0.4, 0.5) is 4.79 Å². The Morgan fingerprint density at radius 3 is 2.56 bits per heavy atom. The Hall–Kier alpha value is -4.67. The van der Waals surface area contributed by atoms with Crippen LogP contribution < -0.4 is 16.2 Å². The van der Waals surface area contributed by atoms with Crippen molar-refractivity contribution in [2.24, 2.45) is 7.05 Å². The Morgan fingerprint density at radius 2 is 1.88 bits per heavy atom. The molecule has 0 aliphatic heterocycles. The number of H-pyrrole nitrogens is 1. The number of hydrazine groups is 1. The molecule has 0 aliphatic rings. The Bertz CT molecular complexity index is 1300. The third kappa shape index (κ3) is 4.26. The van der Waals surface area contributed by atoms with E-state index in [1.54, 1.807) is 60.5 Å². The lowest BCUT2D eigenvalue weighted by Crippen LogP contribution is -2.47. The van der Waals surface area contributed by atoms with Crippen LogP contribution in [0.1, 0.15) is 22.0 Å². The minimum absolute atomic E-state index is 0.265. The number of fused-ring (bicyclic) bond motifs is 1. The first-order chi connectivity index (χ1) is 15.4. The number of amides is 3. The third-order valence-corrected chi connectivity index (χ3v) is 4.78. The summed E-state index contributed by atoms with van der Waals surface area (Å²) in [5.74, 6) is -1.32. The molecule has 162 valence electrons. The van der Waals surface area contributed by atoms with Crippen molar-refractivity contribution < 1.29 is 19.5 Å². The molecule has 4 rings (SSSR count). The molecule has 1 aromatic carbocycles. The van der Waals surface area contributed by atoms with Crippen LogP contribution in [0, 0.1) is 0 Å². The van der Waals surface area contributed by atoms with Gasteiger partial charge in [0.05, 0.1) is 11.8 Å². The third-order valence-electron chi connectivity index (χ3n) is 4.78. The molecule has 0 saturated carbocycles. The van der Waals surface area contributed by atoms with Crippen molar-refractivity contribution in [2.75, 3.05) is 0 Å². The van der Waals surface area contributed by atoms with Crippen molar-refractivity contribution in [3.8, 4) is 11.1 Å². The van der Waals surface area contributed by atoms with Gasteiger partial charge in [-0.05, 0) is 11.6 Å². The van der Waals surface area contributed by atoms with Crippen LogP contribution in [0.15, 0.2) is 61.2 Å². The number of pyridine rings is 1. The highest BCUT2D eigenvalue weighted by atomic mass is 16.4. The van der Waals surface area contributed by atoms with Crippen LogP contribution in [0.25, 0.3) is 22.2 Å². The van der Waals surface area contributed by atoms with Gasteiger partial charge in [0.15, 0.2) is 0 Å². The molecule has 0 fully saturated rings. The highest BCUT2D eigenvalue weighted by molar-refractivity contribution is 6.07. The SMILES string of the molecule is Cn1cc(-c2cnc3[nH]cc(C(=O)NNC(=O)C(NC(=O)O)c4ccccc4)c3c2)cn1. The lowest BCUT2D eigenvalue weighted by Gasteiger charge is -2.17. The molecule has 1 unspecified atom stereocenters. The fraction of sp³-hybridized carbons (Fsp3) is 0.0952. The van der Waals surface area contributed by atoms with Gasteiger partial charge in [0.1, 0.15) is 11.7 Å². The molecule has 5 N–H and O–H groups in total. The fourth-order valence-corrected chi connectivity index (χ4v) is 3.25. The quantitative estimate of drug-likeness (QED) is 0.302. The second kappa shape index (κ2) is 8.60.